The van der Waals surface area contributed by atoms with Gasteiger partial charge in [0.05, 0.1) is 5.84 Å². The summed E-state index contributed by atoms with van der Waals surface area (Å²) in [7, 11) is 0. The Bertz CT molecular complexity index is 485. The Kier molecular flexibility index (Phi) is 1.92. The van der Waals surface area contributed by atoms with Crippen LogP contribution >= 0.6 is 0 Å². The van der Waals surface area contributed by atoms with Crippen molar-refractivity contribution in [3.63, 3.8) is 0 Å². The van der Waals surface area contributed by atoms with Crippen LogP contribution in [0.4, 0.5) is 0 Å². The fraction of sp³-hybridized carbons (Fsp3) is 0.222. The second kappa shape index (κ2) is 3.10. The molecule has 5 heteroatoms. The molecule has 0 unspecified atom stereocenters. The minimum absolute atomic E-state index is 0.154. The molecule has 0 fully saturated rings. The highest BCUT2D eigenvalue weighted by Gasteiger charge is 2.01. The molecule has 0 aliphatic carbocycles. The topological polar surface area (TPSA) is 80.1 Å². The summed E-state index contributed by atoms with van der Waals surface area (Å²) in [6.45, 7) is 1.84. The molecule has 2 heterocycles. The molecule has 2 aromatic heterocycles. The zero-order chi connectivity index (χ0) is 10.1. The molecule has 14 heavy (non-hydrogen) atoms. The summed E-state index contributed by atoms with van der Waals surface area (Å²) in [5.41, 5.74) is 7.09. The molecule has 0 saturated carbocycles. The maximum absolute atomic E-state index is 7.18. The van der Waals surface area contributed by atoms with Gasteiger partial charge in [0.2, 0.25) is 0 Å². The van der Waals surface area contributed by atoms with E-state index >= 15 is 0 Å². The lowest BCUT2D eigenvalue weighted by molar-refractivity contribution is 0.919. The molecule has 0 amide bonds. The van der Waals surface area contributed by atoms with Crippen LogP contribution in [0.2, 0.25) is 0 Å². The lowest BCUT2D eigenvalue weighted by Crippen LogP contribution is -2.13. The third kappa shape index (κ3) is 1.56. The zero-order valence-corrected chi connectivity index (χ0v) is 7.86. The number of aryl methyl sites for hydroxylation is 1. The Balaban J connectivity index is 2.45. The number of nitrogens with one attached hydrogen (secondary N) is 1. The van der Waals surface area contributed by atoms with Gasteiger partial charge in [0.15, 0.2) is 5.65 Å². The van der Waals surface area contributed by atoms with Crippen LogP contribution in [0.5, 0.6) is 0 Å². The number of amidine groups is 1. The highest BCUT2D eigenvalue weighted by atomic mass is 15.3. The maximum atomic E-state index is 7.18. The van der Waals surface area contributed by atoms with Gasteiger partial charge in [-0.15, -0.1) is 0 Å². The van der Waals surface area contributed by atoms with Crippen LogP contribution in [0.25, 0.3) is 5.65 Å². The van der Waals surface area contributed by atoms with Crippen LogP contribution < -0.4 is 5.73 Å². The van der Waals surface area contributed by atoms with Crippen molar-refractivity contribution in [3.8, 4) is 0 Å². The van der Waals surface area contributed by atoms with Crippen LogP contribution in [0.3, 0.4) is 0 Å². The van der Waals surface area contributed by atoms with E-state index in [1.54, 1.807) is 4.52 Å². The zero-order valence-electron chi connectivity index (χ0n) is 7.86. The molecule has 0 aromatic carbocycles. The van der Waals surface area contributed by atoms with E-state index in [9.17, 15) is 0 Å². The van der Waals surface area contributed by atoms with E-state index in [0.29, 0.717) is 6.42 Å². The average molecular weight is 189 g/mol. The predicted molar refractivity (Wildman–Crippen MR) is 53.3 cm³/mol. The van der Waals surface area contributed by atoms with E-state index in [-0.39, 0.29) is 5.84 Å². The van der Waals surface area contributed by atoms with Gasteiger partial charge in [-0.05, 0) is 18.6 Å². The summed E-state index contributed by atoms with van der Waals surface area (Å²) in [4.78, 5) is 4.20. The molecule has 0 spiro atoms. The average Bonchev–Trinajstić information content (AvgIpc) is 2.42. The van der Waals surface area contributed by atoms with Crippen molar-refractivity contribution in [1.29, 1.82) is 5.41 Å². The molecule has 0 bridgehead atoms. The largest absolute Gasteiger partial charge is 0.387 e. The molecule has 0 radical (unpaired) electrons. The molecule has 0 aliphatic rings. The SMILES string of the molecule is Cc1nc2ccc(CC(=N)N)cn2n1. The summed E-state index contributed by atoms with van der Waals surface area (Å²) in [5.74, 6) is 0.895. The van der Waals surface area contributed by atoms with E-state index in [0.717, 1.165) is 17.0 Å². The molecule has 0 atom stereocenters. The summed E-state index contributed by atoms with van der Waals surface area (Å²) >= 11 is 0. The number of aromatic nitrogens is 3. The summed E-state index contributed by atoms with van der Waals surface area (Å²) in [6, 6.07) is 3.78. The molecular weight excluding hydrogens is 178 g/mol. The van der Waals surface area contributed by atoms with Crippen LogP contribution in [-0.2, 0) is 6.42 Å². The molecule has 3 N–H and O–H groups in total. The molecule has 0 saturated heterocycles. The molecular formula is C9H11N5. The number of fused-ring (bicyclic) bond motifs is 1. The van der Waals surface area contributed by atoms with Gasteiger partial charge in [-0.3, -0.25) is 5.41 Å². The van der Waals surface area contributed by atoms with Crippen molar-refractivity contribution < 1.29 is 0 Å². The second-order valence-corrected chi connectivity index (χ2v) is 3.20. The standard InChI is InChI=1S/C9H11N5/c1-6-12-9-3-2-7(4-8(10)11)5-14(9)13-6/h2-3,5H,4H2,1H3,(H3,10,11). The fourth-order valence-electron chi connectivity index (χ4n) is 1.36. The molecule has 5 nitrogen and oxygen atoms in total. The van der Waals surface area contributed by atoms with Crippen LogP contribution in [-0.4, -0.2) is 20.4 Å². The third-order valence-electron chi connectivity index (χ3n) is 1.89. The summed E-state index contributed by atoms with van der Waals surface area (Å²) < 4.78 is 1.70. The third-order valence-corrected chi connectivity index (χ3v) is 1.89. The van der Waals surface area contributed by atoms with Crippen molar-refractivity contribution in [2.24, 2.45) is 5.73 Å². The van der Waals surface area contributed by atoms with Gasteiger partial charge in [0.25, 0.3) is 0 Å². The first-order chi connectivity index (χ1) is 6.65. The highest BCUT2D eigenvalue weighted by molar-refractivity contribution is 5.79. The second-order valence-electron chi connectivity index (χ2n) is 3.20. The van der Waals surface area contributed by atoms with Crippen molar-refractivity contribution in [2.45, 2.75) is 13.3 Å². The van der Waals surface area contributed by atoms with Crippen molar-refractivity contribution in [3.05, 3.63) is 29.7 Å². The Morgan fingerprint density at radius 2 is 2.36 bits per heavy atom. The van der Waals surface area contributed by atoms with Gasteiger partial charge in [-0.25, -0.2) is 9.50 Å². The van der Waals surface area contributed by atoms with E-state index < -0.39 is 0 Å². The van der Waals surface area contributed by atoms with E-state index in [4.69, 9.17) is 11.1 Å². The Morgan fingerprint density at radius 1 is 1.57 bits per heavy atom. The quantitative estimate of drug-likeness (QED) is 0.533. The Hall–Kier alpha value is -1.91. The normalized spacial score (nSPS) is 10.6. The maximum Gasteiger partial charge on any atom is 0.155 e. The van der Waals surface area contributed by atoms with Gasteiger partial charge in [-0.1, -0.05) is 6.07 Å². The highest BCUT2D eigenvalue weighted by Crippen LogP contribution is 2.04. The van der Waals surface area contributed by atoms with E-state index in [1.807, 2.05) is 25.3 Å². The van der Waals surface area contributed by atoms with Crippen molar-refractivity contribution >= 4 is 11.5 Å². The first kappa shape index (κ1) is 8.68. The lowest BCUT2D eigenvalue weighted by atomic mass is 10.2. The van der Waals surface area contributed by atoms with Crippen LogP contribution in [0.1, 0.15) is 11.4 Å². The number of hydrogen-bond donors (Lipinski definition) is 2. The number of nitrogens with two attached hydrogens (primary N) is 1. The van der Waals surface area contributed by atoms with Crippen LogP contribution in [0.15, 0.2) is 18.3 Å². The van der Waals surface area contributed by atoms with Crippen molar-refractivity contribution in [2.75, 3.05) is 0 Å². The molecule has 2 aromatic rings. The van der Waals surface area contributed by atoms with Gasteiger partial charge < -0.3 is 5.73 Å². The van der Waals surface area contributed by atoms with E-state index in [2.05, 4.69) is 10.1 Å². The smallest absolute Gasteiger partial charge is 0.155 e. The minimum atomic E-state index is 0.154. The minimum Gasteiger partial charge on any atom is -0.387 e. The number of rotatable bonds is 2. The summed E-state index contributed by atoms with van der Waals surface area (Å²) in [6.07, 6.45) is 2.30. The predicted octanol–water partition coefficient (Wildman–Crippen LogP) is 0.516. The number of pyridine rings is 1. The monoisotopic (exact) mass is 189 g/mol. The number of hydrogen-bond acceptors (Lipinski definition) is 3. The Labute approximate surface area is 81.1 Å². The fourth-order valence-corrected chi connectivity index (χ4v) is 1.36. The molecule has 0 aliphatic heterocycles. The van der Waals surface area contributed by atoms with Gasteiger partial charge in [0.1, 0.15) is 5.82 Å². The van der Waals surface area contributed by atoms with Crippen molar-refractivity contribution in [1.82, 2.24) is 14.6 Å². The molecule has 72 valence electrons. The Morgan fingerprint density at radius 3 is 3.07 bits per heavy atom. The van der Waals surface area contributed by atoms with Crippen LogP contribution in [0, 0.1) is 12.3 Å². The lowest BCUT2D eigenvalue weighted by Gasteiger charge is -1.98. The number of nitrogens with zero attached hydrogens (tertiary/aromatic N) is 3. The molecule has 2 rings (SSSR count). The van der Waals surface area contributed by atoms with Gasteiger partial charge in [-0.2, -0.15) is 5.10 Å². The van der Waals surface area contributed by atoms with Gasteiger partial charge in [0, 0.05) is 12.6 Å². The first-order valence-corrected chi connectivity index (χ1v) is 4.30. The first-order valence-electron chi connectivity index (χ1n) is 4.30. The van der Waals surface area contributed by atoms with Gasteiger partial charge >= 0.3 is 0 Å². The summed E-state index contributed by atoms with van der Waals surface area (Å²) in [5, 5.41) is 11.4. The van der Waals surface area contributed by atoms with E-state index in [1.165, 1.54) is 0 Å².